The van der Waals surface area contributed by atoms with Crippen LogP contribution in [0.2, 0.25) is 10.0 Å². The third-order valence-electron chi connectivity index (χ3n) is 6.65. The summed E-state index contributed by atoms with van der Waals surface area (Å²) in [5, 5.41) is 3.80. The molecule has 0 saturated heterocycles. The summed E-state index contributed by atoms with van der Waals surface area (Å²) in [5.74, 6) is -0.535. The van der Waals surface area contributed by atoms with Crippen molar-refractivity contribution in [3.8, 4) is 0 Å². The van der Waals surface area contributed by atoms with Gasteiger partial charge in [-0.25, -0.2) is 8.42 Å². The molecule has 0 saturated carbocycles. The van der Waals surface area contributed by atoms with Crippen molar-refractivity contribution in [3.63, 3.8) is 0 Å². The standard InChI is InChI=1S/C31H37Cl2N3O4S/c1-4-18-34-31(38)29(20-24-9-6-5-7-10-24)35(22-25-14-15-26(32)21-28(25)33)30(37)11-8-19-36(41(3,39)40)27-16-12-23(2)13-17-27/h5-7,9-10,12-17,21,29H,4,8,11,18-20,22H2,1-3H3,(H,34,38)/t29-/m0/s1. The van der Waals surface area contributed by atoms with Crippen molar-refractivity contribution in [2.45, 2.75) is 52.1 Å². The lowest BCUT2D eigenvalue weighted by Gasteiger charge is -2.32. The van der Waals surface area contributed by atoms with Crippen LogP contribution in [0.1, 0.15) is 42.9 Å². The van der Waals surface area contributed by atoms with Crippen molar-refractivity contribution in [1.29, 1.82) is 0 Å². The molecule has 0 aliphatic carbocycles. The van der Waals surface area contributed by atoms with Crippen LogP contribution in [0.15, 0.2) is 72.8 Å². The molecule has 1 N–H and O–H groups in total. The number of aryl methyl sites for hydroxylation is 1. The molecule has 3 rings (SSSR count). The Morgan fingerprint density at radius 2 is 1.66 bits per heavy atom. The van der Waals surface area contributed by atoms with Gasteiger partial charge in [0.15, 0.2) is 0 Å². The molecule has 0 heterocycles. The largest absolute Gasteiger partial charge is 0.354 e. The maximum Gasteiger partial charge on any atom is 0.243 e. The van der Waals surface area contributed by atoms with E-state index in [1.807, 2.05) is 56.3 Å². The second kappa shape index (κ2) is 15.2. The van der Waals surface area contributed by atoms with Crippen LogP contribution in [0, 0.1) is 6.92 Å². The molecule has 0 unspecified atom stereocenters. The lowest BCUT2D eigenvalue weighted by Crippen LogP contribution is -2.50. The number of carbonyl (C=O) groups is 2. The fraction of sp³-hybridized carbons (Fsp3) is 0.355. The van der Waals surface area contributed by atoms with Gasteiger partial charge in [0.05, 0.1) is 11.9 Å². The van der Waals surface area contributed by atoms with E-state index in [2.05, 4.69) is 5.32 Å². The summed E-state index contributed by atoms with van der Waals surface area (Å²) >= 11 is 12.6. The number of benzene rings is 3. The second-order valence-electron chi connectivity index (χ2n) is 10.0. The summed E-state index contributed by atoms with van der Waals surface area (Å²) in [7, 11) is -3.57. The van der Waals surface area contributed by atoms with Gasteiger partial charge in [0, 0.05) is 42.5 Å². The molecule has 0 aliphatic rings. The van der Waals surface area contributed by atoms with Gasteiger partial charge in [-0.1, -0.05) is 84.2 Å². The van der Waals surface area contributed by atoms with E-state index in [1.165, 1.54) is 4.31 Å². The minimum absolute atomic E-state index is 0.0371. The first kappa shape index (κ1) is 32.4. The Hall–Kier alpha value is -3.07. The average Bonchev–Trinajstić information content (AvgIpc) is 2.93. The molecule has 10 heteroatoms. The highest BCUT2D eigenvalue weighted by Crippen LogP contribution is 2.25. The molecule has 3 aromatic rings. The zero-order chi connectivity index (χ0) is 30.0. The number of nitrogens with zero attached hydrogens (tertiary/aromatic N) is 2. The first-order valence-electron chi connectivity index (χ1n) is 13.6. The number of nitrogens with one attached hydrogen (secondary N) is 1. The lowest BCUT2D eigenvalue weighted by molar-refractivity contribution is -0.141. The van der Waals surface area contributed by atoms with Crippen molar-refractivity contribution in [1.82, 2.24) is 10.2 Å². The molecule has 1 atom stereocenters. The molecule has 41 heavy (non-hydrogen) atoms. The first-order chi connectivity index (χ1) is 19.5. The number of rotatable bonds is 14. The minimum Gasteiger partial charge on any atom is -0.354 e. The maximum absolute atomic E-state index is 13.9. The molecule has 0 aromatic heterocycles. The first-order valence-corrected chi connectivity index (χ1v) is 16.2. The smallest absolute Gasteiger partial charge is 0.243 e. The van der Waals surface area contributed by atoms with Gasteiger partial charge in [-0.15, -0.1) is 0 Å². The average molecular weight is 619 g/mol. The molecule has 0 radical (unpaired) electrons. The van der Waals surface area contributed by atoms with Crippen LogP contribution in [0.3, 0.4) is 0 Å². The van der Waals surface area contributed by atoms with Gasteiger partial charge in [-0.3, -0.25) is 13.9 Å². The Labute approximate surface area is 253 Å². The number of carbonyl (C=O) groups excluding carboxylic acids is 2. The number of hydrogen-bond acceptors (Lipinski definition) is 4. The van der Waals surface area contributed by atoms with Gasteiger partial charge < -0.3 is 10.2 Å². The zero-order valence-corrected chi connectivity index (χ0v) is 26.0. The Balaban J connectivity index is 1.89. The predicted octanol–water partition coefficient (Wildman–Crippen LogP) is 6.01. The molecule has 3 aromatic carbocycles. The van der Waals surface area contributed by atoms with E-state index < -0.39 is 16.1 Å². The van der Waals surface area contributed by atoms with Crippen molar-refractivity contribution in [3.05, 3.63) is 99.5 Å². The van der Waals surface area contributed by atoms with Gasteiger partial charge >= 0.3 is 0 Å². The van der Waals surface area contributed by atoms with Gasteiger partial charge in [0.1, 0.15) is 6.04 Å². The topological polar surface area (TPSA) is 86.8 Å². The number of hydrogen-bond donors (Lipinski definition) is 1. The minimum atomic E-state index is -3.57. The summed E-state index contributed by atoms with van der Waals surface area (Å²) in [6.07, 6.45) is 2.51. The fourth-order valence-corrected chi connectivity index (χ4v) is 5.90. The van der Waals surface area contributed by atoms with E-state index in [-0.39, 0.29) is 37.7 Å². The monoisotopic (exact) mass is 617 g/mol. The summed E-state index contributed by atoms with van der Waals surface area (Å²) in [6.45, 7) is 4.59. The van der Waals surface area contributed by atoms with Gasteiger partial charge in [0.2, 0.25) is 21.8 Å². The summed E-state index contributed by atoms with van der Waals surface area (Å²) in [5.41, 5.74) is 3.12. The van der Waals surface area contributed by atoms with E-state index >= 15 is 0 Å². The van der Waals surface area contributed by atoms with E-state index in [0.29, 0.717) is 34.3 Å². The third-order valence-corrected chi connectivity index (χ3v) is 8.43. The van der Waals surface area contributed by atoms with Crippen LogP contribution < -0.4 is 9.62 Å². The highest BCUT2D eigenvalue weighted by molar-refractivity contribution is 7.92. The Kier molecular flexibility index (Phi) is 12.1. The van der Waals surface area contributed by atoms with E-state index in [4.69, 9.17) is 23.2 Å². The van der Waals surface area contributed by atoms with Crippen LogP contribution in [0.4, 0.5) is 5.69 Å². The molecule has 0 aliphatic heterocycles. The van der Waals surface area contributed by atoms with Crippen molar-refractivity contribution in [2.24, 2.45) is 0 Å². The SMILES string of the molecule is CCCNC(=O)[C@H](Cc1ccccc1)N(Cc1ccc(Cl)cc1Cl)C(=O)CCCN(c1ccc(C)cc1)S(C)(=O)=O. The number of anilines is 1. The quantitative estimate of drug-likeness (QED) is 0.240. The van der Waals surface area contributed by atoms with Crippen molar-refractivity contribution in [2.75, 3.05) is 23.7 Å². The molecule has 220 valence electrons. The summed E-state index contributed by atoms with van der Waals surface area (Å²) < 4.78 is 26.5. The van der Waals surface area contributed by atoms with E-state index in [0.717, 1.165) is 23.8 Å². The van der Waals surface area contributed by atoms with Gasteiger partial charge in [-0.05, 0) is 55.2 Å². The van der Waals surface area contributed by atoms with Crippen LogP contribution >= 0.6 is 23.2 Å². The summed E-state index contributed by atoms with van der Waals surface area (Å²) in [4.78, 5) is 28.9. The highest BCUT2D eigenvalue weighted by atomic mass is 35.5. The Morgan fingerprint density at radius 1 is 0.976 bits per heavy atom. The molecule has 7 nitrogen and oxygen atoms in total. The normalized spacial score (nSPS) is 12.0. The predicted molar refractivity (Wildman–Crippen MR) is 167 cm³/mol. The van der Waals surface area contributed by atoms with Gasteiger partial charge in [-0.2, -0.15) is 0 Å². The zero-order valence-electron chi connectivity index (χ0n) is 23.6. The molecule has 0 fully saturated rings. The molecule has 0 spiro atoms. The molecular formula is C31H37Cl2N3O4S. The van der Waals surface area contributed by atoms with Crippen LogP contribution in [-0.2, 0) is 32.6 Å². The lowest BCUT2D eigenvalue weighted by atomic mass is 10.0. The van der Waals surface area contributed by atoms with Crippen LogP contribution in [-0.4, -0.2) is 50.5 Å². The number of halogens is 2. The van der Waals surface area contributed by atoms with Crippen molar-refractivity contribution < 1.29 is 18.0 Å². The van der Waals surface area contributed by atoms with Gasteiger partial charge in [0.25, 0.3) is 0 Å². The second-order valence-corrected chi connectivity index (χ2v) is 12.8. The van der Waals surface area contributed by atoms with Crippen molar-refractivity contribution >= 4 is 50.7 Å². The summed E-state index contributed by atoms with van der Waals surface area (Å²) in [6, 6.07) is 21.0. The third kappa shape index (κ3) is 9.76. The highest BCUT2D eigenvalue weighted by Gasteiger charge is 2.31. The Morgan fingerprint density at radius 3 is 2.27 bits per heavy atom. The number of amides is 2. The van der Waals surface area contributed by atoms with Crippen LogP contribution in [0.5, 0.6) is 0 Å². The Bertz CT molecular complexity index is 1420. The number of sulfonamides is 1. The van der Waals surface area contributed by atoms with E-state index in [1.54, 1.807) is 35.2 Å². The van der Waals surface area contributed by atoms with E-state index in [9.17, 15) is 18.0 Å². The molecule has 2 amide bonds. The molecular weight excluding hydrogens is 581 g/mol. The fourth-order valence-electron chi connectivity index (χ4n) is 4.47. The molecule has 0 bridgehead atoms. The van der Waals surface area contributed by atoms with Crippen LogP contribution in [0.25, 0.3) is 0 Å². The maximum atomic E-state index is 13.9.